The number of sulfonamides is 1. The lowest BCUT2D eigenvalue weighted by Crippen LogP contribution is -2.43. The Hall–Kier alpha value is -0.920. The molecule has 0 spiro atoms. The summed E-state index contributed by atoms with van der Waals surface area (Å²) >= 11 is 0.952. The molecule has 1 aromatic rings. The fourth-order valence-electron chi connectivity index (χ4n) is 2.48. The zero-order chi connectivity index (χ0) is 14.0. The molecule has 1 aromatic heterocycles. The highest BCUT2D eigenvalue weighted by Crippen LogP contribution is 2.30. The number of nitrogens with zero attached hydrogens (tertiary/aromatic N) is 1. The van der Waals surface area contributed by atoms with E-state index in [1.165, 1.54) is 15.8 Å². The first kappa shape index (κ1) is 14.5. The normalized spacial score (nSPS) is 21.4. The van der Waals surface area contributed by atoms with Gasteiger partial charge in [-0.3, -0.25) is 0 Å². The van der Waals surface area contributed by atoms with Crippen LogP contribution in [-0.4, -0.2) is 36.4 Å². The van der Waals surface area contributed by atoms with Crippen LogP contribution in [0.5, 0.6) is 0 Å². The van der Waals surface area contributed by atoms with Crippen LogP contribution in [0.15, 0.2) is 16.3 Å². The Balaban J connectivity index is 2.41. The summed E-state index contributed by atoms with van der Waals surface area (Å²) < 4.78 is 26.7. The van der Waals surface area contributed by atoms with Gasteiger partial charge in [0.15, 0.2) is 0 Å². The fraction of sp³-hybridized carbons (Fsp3) is 0.583. The largest absolute Gasteiger partial charge is 0.477 e. The molecule has 1 fully saturated rings. The second-order valence-corrected chi connectivity index (χ2v) is 7.37. The molecule has 0 aromatic carbocycles. The molecule has 19 heavy (non-hydrogen) atoms. The molecule has 7 heteroatoms. The number of hydrogen-bond acceptors (Lipinski definition) is 4. The third-order valence-corrected chi connectivity index (χ3v) is 6.48. The fourth-order valence-corrected chi connectivity index (χ4v) is 5.48. The predicted octanol–water partition coefficient (Wildman–Crippen LogP) is 2.40. The van der Waals surface area contributed by atoms with Crippen LogP contribution in [0.4, 0.5) is 0 Å². The third kappa shape index (κ3) is 2.68. The first-order valence-electron chi connectivity index (χ1n) is 6.31. The highest BCUT2D eigenvalue weighted by Gasteiger charge is 2.35. The minimum Gasteiger partial charge on any atom is -0.477 e. The quantitative estimate of drug-likeness (QED) is 0.927. The number of piperidine rings is 1. The Morgan fingerprint density at radius 1 is 1.53 bits per heavy atom. The zero-order valence-electron chi connectivity index (χ0n) is 10.7. The van der Waals surface area contributed by atoms with Crippen LogP contribution in [0, 0.1) is 0 Å². The van der Waals surface area contributed by atoms with E-state index in [0.717, 1.165) is 37.0 Å². The summed E-state index contributed by atoms with van der Waals surface area (Å²) in [5.41, 5.74) is 0. The highest BCUT2D eigenvalue weighted by atomic mass is 32.2. The minimum absolute atomic E-state index is 0.0136. The average Bonchev–Trinajstić information content (AvgIpc) is 2.88. The second kappa shape index (κ2) is 5.60. The van der Waals surface area contributed by atoms with Crippen molar-refractivity contribution >= 4 is 27.3 Å². The Labute approximate surface area is 116 Å². The molecule has 1 atom stereocenters. The molecule has 0 amide bonds. The Bertz CT molecular complexity index is 564. The smallest absolute Gasteiger partial charge is 0.347 e. The van der Waals surface area contributed by atoms with Gasteiger partial charge in [-0.05, 0) is 30.7 Å². The van der Waals surface area contributed by atoms with Crippen molar-refractivity contribution in [2.75, 3.05) is 6.54 Å². The molecule has 1 aliphatic heterocycles. The van der Waals surface area contributed by atoms with Crippen LogP contribution in [0.1, 0.15) is 42.3 Å². The van der Waals surface area contributed by atoms with E-state index >= 15 is 0 Å². The lowest BCUT2D eigenvalue weighted by atomic mass is 10.0. The van der Waals surface area contributed by atoms with E-state index in [1.54, 1.807) is 0 Å². The molecule has 0 aliphatic carbocycles. The lowest BCUT2D eigenvalue weighted by Gasteiger charge is -2.33. The molecule has 1 unspecified atom stereocenters. The third-order valence-electron chi connectivity index (χ3n) is 3.45. The number of carboxylic acid groups (broad SMARTS) is 1. The van der Waals surface area contributed by atoms with Gasteiger partial charge in [-0.25, -0.2) is 13.2 Å². The Morgan fingerprint density at radius 3 is 2.89 bits per heavy atom. The average molecular weight is 303 g/mol. The van der Waals surface area contributed by atoms with E-state index in [0.29, 0.717) is 6.54 Å². The van der Waals surface area contributed by atoms with Crippen molar-refractivity contribution in [3.8, 4) is 0 Å². The molecule has 1 saturated heterocycles. The van der Waals surface area contributed by atoms with Crippen molar-refractivity contribution < 1.29 is 18.3 Å². The van der Waals surface area contributed by atoms with Gasteiger partial charge >= 0.3 is 5.97 Å². The molecular weight excluding hydrogens is 286 g/mol. The molecule has 0 saturated carbocycles. The van der Waals surface area contributed by atoms with Gasteiger partial charge in [-0.2, -0.15) is 4.31 Å². The lowest BCUT2D eigenvalue weighted by molar-refractivity contribution is 0.0698. The second-order valence-electron chi connectivity index (χ2n) is 4.59. The van der Waals surface area contributed by atoms with Crippen LogP contribution >= 0.6 is 11.3 Å². The maximum Gasteiger partial charge on any atom is 0.347 e. The molecule has 1 N–H and O–H groups in total. The summed E-state index contributed by atoms with van der Waals surface area (Å²) in [5.74, 6) is -1.18. The number of thiophene rings is 1. The Kier molecular flexibility index (Phi) is 4.27. The molecule has 2 heterocycles. The zero-order valence-corrected chi connectivity index (χ0v) is 12.3. The summed E-state index contributed by atoms with van der Waals surface area (Å²) in [6, 6.07) is 1.38. The van der Waals surface area contributed by atoms with Gasteiger partial charge in [-0.1, -0.05) is 13.3 Å². The number of aromatic carboxylic acids is 1. The molecule has 0 bridgehead atoms. The van der Waals surface area contributed by atoms with Crippen molar-refractivity contribution in [3.63, 3.8) is 0 Å². The van der Waals surface area contributed by atoms with Crippen molar-refractivity contribution in [2.24, 2.45) is 0 Å². The number of hydrogen-bond donors (Lipinski definition) is 1. The maximum atomic E-state index is 12.6. The molecule has 106 valence electrons. The van der Waals surface area contributed by atoms with Crippen molar-refractivity contribution in [1.29, 1.82) is 0 Å². The minimum atomic E-state index is -3.69. The van der Waals surface area contributed by atoms with Gasteiger partial charge in [0.25, 0.3) is 0 Å². The topological polar surface area (TPSA) is 74.7 Å². The van der Waals surface area contributed by atoms with E-state index in [9.17, 15) is 13.2 Å². The van der Waals surface area contributed by atoms with Gasteiger partial charge < -0.3 is 5.11 Å². The summed E-state index contributed by atoms with van der Waals surface area (Å²) in [6.45, 7) is 2.44. The number of carbonyl (C=O) groups is 1. The number of carboxylic acids is 1. The Morgan fingerprint density at radius 2 is 2.26 bits per heavy atom. The predicted molar refractivity (Wildman–Crippen MR) is 73.1 cm³/mol. The van der Waals surface area contributed by atoms with E-state index in [1.807, 2.05) is 6.92 Å². The van der Waals surface area contributed by atoms with Crippen molar-refractivity contribution in [1.82, 2.24) is 4.31 Å². The van der Waals surface area contributed by atoms with E-state index in [2.05, 4.69) is 0 Å². The summed E-state index contributed by atoms with van der Waals surface area (Å²) in [4.78, 5) is 10.9. The van der Waals surface area contributed by atoms with Crippen LogP contribution in [-0.2, 0) is 10.0 Å². The van der Waals surface area contributed by atoms with Crippen molar-refractivity contribution in [3.05, 3.63) is 16.3 Å². The first-order chi connectivity index (χ1) is 8.98. The van der Waals surface area contributed by atoms with Gasteiger partial charge in [0, 0.05) is 12.6 Å². The monoisotopic (exact) mass is 303 g/mol. The van der Waals surface area contributed by atoms with E-state index in [-0.39, 0.29) is 15.8 Å². The molecule has 0 radical (unpaired) electrons. The maximum absolute atomic E-state index is 12.6. The van der Waals surface area contributed by atoms with E-state index < -0.39 is 16.0 Å². The molecule has 2 rings (SSSR count). The summed E-state index contributed by atoms with van der Waals surface area (Å²) in [7, 11) is -3.69. The van der Waals surface area contributed by atoms with Crippen LogP contribution in [0.3, 0.4) is 0 Å². The molecule has 5 nitrogen and oxygen atoms in total. The van der Waals surface area contributed by atoms with Crippen molar-refractivity contribution in [2.45, 2.75) is 43.5 Å². The van der Waals surface area contributed by atoms with Crippen LogP contribution in [0.25, 0.3) is 0 Å². The van der Waals surface area contributed by atoms with Gasteiger partial charge in [0.2, 0.25) is 10.0 Å². The van der Waals surface area contributed by atoms with Crippen LogP contribution in [0.2, 0.25) is 0 Å². The summed E-state index contributed by atoms with van der Waals surface area (Å²) in [5, 5.41) is 10.6. The van der Waals surface area contributed by atoms with Gasteiger partial charge in [-0.15, -0.1) is 11.3 Å². The molecular formula is C12H17NO4S2. The van der Waals surface area contributed by atoms with Gasteiger partial charge in [0.05, 0.1) is 0 Å². The molecule has 1 aliphatic rings. The van der Waals surface area contributed by atoms with E-state index in [4.69, 9.17) is 5.11 Å². The SMILES string of the molecule is CCC1CCCCN1S(=O)(=O)c1ccsc1C(=O)O. The number of rotatable bonds is 4. The highest BCUT2D eigenvalue weighted by molar-refractivity contribution is 7.89. The van der Waals surface area contributed by atoms with Gasteiger partial charge in [0.1, 0.15) is 9.77 Å². The standard InChI is InChI=1S/C12H17NO4S2/c1-2-9-5-3-4-7-13(9)19(16,17)10-6-8-18-11(10)12(14)15/h6,8-9H,2-5,7H2,1H3,(H,14,15). The summed E-state index contributed by atoms with van der Waals surface area (Å²) in [6.07, 6.45) is 3.47. The van der Waals surface area contributed by atoms with Crippen LogP contribution < -0.4 is 0 Å². The first-order valence-corrected chi connectivity index (χ1v) is 8.63.